The average molecular weight is 296 g/mol. The summed E-state index contributed by atoms with van der Waals surface area (Å²) in [6.45, 7) is -0.0261. The fraction of sp³-hybridized carbons (Fsp3) is 0.429. The smallest absolute Gasteiger partial charge is 0.315 e. The highest BCUT2D eigenvalue weighted by Crippen LogP contribution is 2.19. The van der Waals surface area contributed by atoms with Gasteiger partial charge in [-0.3, -0.25) is 4.79 Å². The third-order valence-electron chi connectivity index (χ3n) is 2.87. The molecule has 1 atom stereocenters. The van der Waals surface area contributed by atoms with Crippen LogP contribution in [-0.4, -0.2) is 42.5 Å². The SMILES string of the molecule is COc1ccc(C(CCO)NC(=O)NCCC(=O)O)cc1. The number of ether oxygens (including phenoxy) is 1. The van der Waals surface area contributed by atoms with Crippen molar-refractivity contribution in [3.8, 4) is 5.75 Å². The molecular weight excluding hydrogens is 276 g/mol. The first-order valence-corrected chi connectivity index (χ1v) is 6.57. The van der Waals surface area contributed by atoms with E-state index in [1.165, 1.54) is 0 Å². The lowest BCUT2D eigenvalue weighted by Crippen LogP contribution is -2.39. The summed E-state index contributed by atoms with van der Waals surface area (Å²) in [7, 11) is 1.56. The van der Waals surface area contributed by atoms with Crippen LogP contribution in [0.2, 0.25) is 0 Å². The number of methoxy groups -OCH3 is 1. The van der Waals surface area contributed by atoms with E-state index in [2.05, 4.69) is 10.6 Å². The highest BCUT2D eigenvalue weighted by Gasteiger charge is 2.14. The fourth-order valence-corrected chi connectivity index (χ4v) is 1.78. The predicted molar refractivity (Wildman–Crippen MR) is 76.2 cm³/mol. The second kappa shape index (κ2) is 8.80. The average Bonchev–Trinajstić information content (AvgIpc) is 2.46. The molecule has 0 spiro atoms. The van der Waals surface area contributed by atoms with Gasteiger partial charge in [0.25, 0.3) is 0 Å². The van der Waals surface area contributed by atoms with Crippen molar-refractivity contribution in [2.24, 2.45) is 0 Å². The summed E-state index contributed by atoms with van der Waals surface area (Å²) in [5, 5.41) is 22.7. The van der Waals surface area contributed by atoms with Crippen molar-refractivity contribution in [3.63, 3.8) is 0 Å². The number of aliphatic hydroxyl groups is 1. The Labute approximate surface area is 122 Å². The van der Waals surface area contributed by atoms with Crippen LogP contribution in [0.3, 0.4) is 0 Å². The zero-order chi connectivity index (χ0) is 15.7. The third kappa shape index (κ3) is 6.13. The number of aliphatic carboxylic acids is 1. The van der Waals surface area contributed by atoms with Crippen molar-refractivity contribution < 1.29 is 24.5 Å². The van der Waals surface area contributed by atoms with Gasteiger partial charge in [-0.1, -0.05) is 12.1 Å². The topological polar surface area (TPSA) is 108 Å². The summed E-state index contributed by atoms with van der Waals surface area (Å²) in [6.07, 6.45) is 0.222. The summed E-state index contributed by atoms with van der Waals surface area (Å²) in [4.78, 5) is 22.1. The highest BCUT2D eigenvalue weighted by atomic mass is 16.5. The Morgan fingerprint density at radius 1 is 1.29 bits per heavy atom. The van der Waals surface area contributed by atoms with Crippen LogP contribution in [0.25, 0.3) is 0 Å². The van der Waals surface area contributed by atoms with Crippen LogP contribution < -0.4 is 15.4 Å². The zero-order valence-electron chi connectivity index (χ0n) is 11.8. The van der Waals surface area contributed by atoms with Gasteiger partial charge in [0.2, 0.25) is 0 Å². The third-order valence-corrected chi connectivity index (χ3v) is 2.87. The Morgan fingerprint density at radius 3 is 2.48 bits per heavy atom. The number of carboxylic acids is 1. The molecule has 0 saturated carbocycles. The number of hydrogen-bond donors (Lipinski definition) is 4. The summed E-state index contributed by atoms with van der Waals surface area (Å²) in [5.74, 6) is -0.273. The van der Waals surface area contributed by atoms with E-state index in [1.54, 1.807) is 31.4 Å². The van der Waals surface area contributed by atoms with Crippen LogP contribution in [0.15, 0.2) is 24.3 Å². The number of aliphatic hydroxyl groups excluding tert-OH is 1. The number of hydrogen-bond acceptors (Lipinski definition) is 4. The van der Waals surface area contributed by atoms with Crippen LogP contribution in [0, 0.1) is 0 Å². The van der Waals surface area contributed by atoms with Gasteiger partial charge >= 0.3 is 12.0 Å². The Morgan fingerprint density at radius 2 is 1.95 bits per heavy atom. The Balaban J connectivity index is 2.59. The van der Waals surface area contributed by atoms with E-state index in [9.17, 15) is 9.59 Å². The van der Waals surface area contributed by atoms with E-state index in [0.717, 1.165) is 5.56 Å². The largest absolute Gasteiger partial charge is 0.497 e. The number of carboxylic acid groups (broad SMARTS) is 1. The lowest BCUT2D eigenvalue weighted by atomic mass is 10.0. The minimum atomic E-state index is -0.975. The molecule has 2 amide bonds. The van der Waals surface area contributed by atoms with E-state index < -0.39 is 12.0 Å². The molecule has 0 saturated heterocycles. The van der Waals surface area contributed by atoms with Gasteiger partial charge in [-0.05, 0) is 24.1 Å². The van der Waals surface area contributed by atoms with E-state index in [0.29, 0.717) is 12.2 Å². The first-order chi connectivity index (χ1) is 10.1. The number of amides is 2. The Kier molecular flexibility index (Phi) is 7.03. The molecule has 1 aromatic carbocycles. The summed E-state index contributed by atoms with van der Waals surface area (Å²) >= 11 is 0. The molecule has 7 heteroatoms. The molecule has 0 aromatic heterocycles. The van der Waals surface area contributed by atoms with Crippen molar-refractivity contribution >= 4 is 12.0 Å². The van der Waals surface area contributed by atoms with Crippen molar-refractivity contribution in [1.29, 1.82) is 0 Å². The minimum absolute atomic E-state index is 0.0512. The van der Waals surface area contributed by atoms with Crippen LogP contribution >= 0.6 is 0 Å². The van der Waals surface area contributed by atoms with Crippen LogP contribution in [0.4, 0.5) is 4.79 Å². The van der Waals surface area contributed by atoms with Crippen molar-refractivity contribution in [1.82, 2.24) is 10.6 Å². The molecule has 1 unspecified atom stereocenters. The van der Waals surface area contributed by atoms with Gasteiger partial charge < -0.3 is 25.6 Å². The summed E-state index contributed by atoms with van der Waals surface area (Å²) < 4.78 is 5.06. The second-order valence-electron chi connectivity index (χ2n) is 4.38. The molecule has 1 aromatic rings. The molecule has 0 radical (unpaired) electrons. The first-order valence-electron chi connectivity index (χ1n) is 6.57. The molecule has 0 heterocycles. The van der Waals surface area contributed by atoms with Gasteiger partial charge in [0.15, 0.2) is 0 Å². The molecule has 0 fully saturated rings. The molecular formula is C14H20N2O5. The standard InChI is InChI=1S/C14H20N2O5/c1-21-11-4-2-10(3-5-11)12(7-9-17)16-14(20)15-8-6-13(18)19/h2-5,12,17H,6-9H2,1H3,(H,18,19)(H2,15,16,20). The van der Waals surface area contributed by atoms with Gasteiger partial charge in [-0.15, -0.1) is 0 Å². The van der Waals surface area contributed by atoms with E-state index in [1.807, 2.05) is 0 Å². The number of carbonyl (C=O) groups is 2. The quantitative estimate of drug-likeness (QED) is 0.570. The molecule has 0 aliphatic rings. The number of rotatable bonds is 8. The second-order valence-corrected chi connectivity index (χ2v) is 4.38. The summed E-state index contributed by atoms with van der Waals surface area (Å²) in [5.41, 5.74) is 0.832. The van der Waals surface area contributed by atoms with Gasteiger partial charge in [-0.25, -0.2) is 4.79 Å². The lowest BCUT2D eigenvalue weighted by molar-refractivity contribution is -0.136. The van der Waals surface area contributed by atoms with Crippen molar-refractivity contribution in [2.45, 2.75) is 18.9 Å². The molecule has 0 aliphatic carbocycles. The summed E-state index contributed by atoms with van der Waals surface area (Å²) in [6, 6.07) is 6.32. The van der Waals surface area contributed by atoms with Gasteiger partial charge in [-0.2, -0.15) is 0 Å². The van der Waals surface area contributed by atoms with Crippen molar-refractivity contribution in [3.05, 3.63) is 29.8 Å². The minimum Gasteiger partial charge on any atom is -0.497 e. The number of nitrogens with one attached hydrogen (secondary N) is 2. The fourth-order valence-electron chi connectivity index (χ4n) is 1.78. The predicted octanol–water partition coefficient (Wildman–Crippen LogP) is 0.893. The normalized spacial score (nSPS) is 11.5. The van der Waals surface area contributed by atoms with Crippen molar-refractivity contribution in [2.75, 3.05) is 20.3 Å². The Hall–Kier alpha value is -2.28. The van der Waals surface area contributed by atoms with E-state index >= 15 is 0 Å². The first kappa shape index (κ1) is 16.8. The molecule has 4 N–H and O–H groups in total. The van der Waals surface area contributed by atoms with Gasteiger partial charge in [0.1, 0.15) is 5.75 Å². The monoisotopic (exact) mass is 296 g/mol. The molecule has 0 bridgehead atoms. The molecule has 116 valence electrons. The van der Waals surface area contributed by atoms with Crippen LogP contribution in [0.1, 0.15) is 24.4 Å². The van der Waals surface area contributed by atoms with Gasteiger partial charge in [0.05, 0.1) is 19.6 Å². The van der Waals surface area contributed by atoms with Gasteiger partial charge in [0, 0.05) is 13.2 Å². The van der Waals surface area contributed by atoms with Crippen LogP contribution in [-0.2, 0) is 4.79 Å². The number of benzene rings is 1. The number of carbonyl (C=O) groups excluding carboxylic acids is 1. The maximum absolute atomic E-state index is 11.7. The lowest BCUT2D eigenvalue weighted by Gasteiger charge is -2.19. The highest BCUT2D eigenvalue weighted by molar-refractivity contribution is 5.75. The van der Waals surface area contributed by atoms with Crippen LogP contribution in [0.5, 0.6) is 5.75 Å². The number of urea groups is 1. The molecule has 21 heavy (non-hydrogen) atoms. The maximum atomic E-state index is 11.7. The maximum Gasteiger partial charge on any atom is 0.315 e. The van der Waals surface area contributed by atoms with E-state index in [4.69, 9.17) is 14.9 Å². The molecule has 7 nitrogen and oxygen atoms in total. The van der Waals surface area contributed by atoms with E-state index in [-0.39, 0.29) is 25.6 Å². The molecule has 1 rings (SSSR count). The molecule has 0 aliphatic heterocycles. The Bertz CT molecular complexity index is 461. The zero-order valence-corrected chi connectivity index (χ0v) is 11.8.